The lowest BCUT2D eigenvalue weighted by molar-refractivity contribution is 0.881. The molecule has 0 bridgehead atoms. The molecule has 0 aliphatic rings. The summed E-state index contributed by atoms with van der Waals surface area (Å²) in [4.78, 5) is 0. The molecule has 0 aliphatic heterocycles. The number of anilines is 1. The maximum Gasteiger partial charge on any atom is 0.204 e. The Labute approximate surface area is 115 Å². The largest absolute Gasteiger partial charge is 0.279 e. The lowest BCUT2D eigenvalue weighted by atomic mass is 10.1. The quantitative estimate of drug-likeness (QED) is 0.560. The molecule has 6 heteroatoms. The highest BCUT2D eigenvalue weighted by Gasteiger charge is 2.02. The molecule has 1 aromatic heterocycles. The van der Waals surface area contributed by atoms with Crippen LogP contribution in [0.1, 0.15) is 5.56 Å². The van der Waals surface area contributed by atoms with Crippen LogP contribution in [0.2, 0.25) is 0 Å². The number of benzene rings is 2. The van der Waals surface area contributed by atoms with Crippen LogP contribution in [0.4, 0.5) is 5.69 Å². The summed E-state index contributed by atoms with van der Waals surface area (Å²) in [5, 5.41) is 18.1. The summed E-state index contributed by atoms with van der Waals surface area (Å²) in [7, 11) is 0. The zero-order valence-corrected chi connectivity index (χ0v) is 10.6. The van der Waals surface area contributed by atoms with E-state index >= 15 is 0 Å². The molecule has 3 rings (SSSR count). The molecular weight excluding hydrogens is 252 g/mol. The summed E-state index contributed by atoms with van der Waals surface area (Å²) in [5.41, 5.74) is 5.76. The molecule has 98 valence electrons. The minimum absolute atomic E-state index is 0.566. The van der Waals surface area contributed by atoms with Crippen molar-refractivity contribution in [2.24, 2.45) is 5.10 Å². The van der Waals surface area contributed by atoms with Crippen LogP contribution in [0, 0.1) is 0 Å². The fourth-order valence-corrected chi connectivity index (χ4v) is 1.74. The molecule has 0 aliphatic carbocycles. The number of hydrazone groups is 1. The van der Waals surface area contributed by atoms with E-state index < -0.39 is 0 Å². The molecule has 0 atom stereocenters. The molecule has 0 amide bonds. The Balaban J connectivity index is 1.73. The molecule has 0 spiro atoms. The highest BCUT2D eigenvalue weighted by atomic mass is 15.5. The molecule has 20 heavy (non-hydrogen) atoms. The zero-order valence-electron chi connectivity index (χ0n) is 10.6. The first-order chi connectivity index (χ1) is 9.92. The summed E-state index contributed by atoms with van der Waals surface area (Å²) < 4.78 is 0. The lowest BCUT2D eigenvalue weighted by Crippen LogP contribution is -1.91. The molecule has 1 heterocycles. The minimum Gasteiger partial charge on any atom is -0.279 e. The smallest absolute Gasteiger partial charge is 0.204 e. The van der Waals surface area contributed by atoms with E-state index in [2.05, 4.69) is 31.2 Å². The van der Waals surface area contributed by atoms with Crippen molar-refractivity contribution in [2.75, 3.05) is 5.43 Å². The van der Waals surface area contributed by atoms with Crippen molar-refractivity contribution >= 4 is 11.9 Å². The first-order valence-electron chi connectivity index (χ1n) is 6.10. The number of H-pyrrole nitrogens is 1. The van der Waals surface area contributed by atoms with Crippen LogP contribution in [0.25, 0.3) is 11.4 Å². The van der Waals surface area contributed by atoms with Gasteiger partial charge in [-0.25, -0.2) is 0 Å². The van der Waals surface area contributed by atoms with Crippen LogP contribution >= 0.6 is 0 Å². The first-order valence-corrected chi connectivity index (χ1v) is 6.10. The second-order valence-corrected chi connectivity index (χ2v) is 4.10. The number of hydrogen-bond donors (Lipinski definition) is 2. The van der Waals surface area contributed by atoms with Crippen LogP contribution in [0.3, 0.4) is 0 Å². The van der Waals surface area contributed by atoms with E-state index in [1.807, 2.05) is 54.6 Å². The van der Waals surface area contributed by atoms with Gasteiger partial charge >= 0.3 is 0 Å². The summed E-state index contributed by atoms with van der Waals surface area (Å²) >= 11 is 0. The van der Waals surface area contributed by atoms with E-state index in [4.69, 9.17) is 0 Å². The number of tetrazole rings is 1. The van der Waals surface area contributed by atoms with Crippen LogP contribution in [-0.4, -0.2) is 26.8 Å². The number of nitrogens with one attached hydrogen (secondary N) is 2. The van der Waals surface area contributed by atoms with Gasteiger partial charge in [0.2, 0.25) is 5.82 Å². The van der Waals surface area contributed by atoms with Gasteiger partial charge in [-0.3, -0.25) is 5.43 Å². The van der Waals surface area contributed by atoms with E-state index in [0.29, 0.717) is 5.82 Å². The van der Waals surface area contributed by atoms with Gasteiger partial charge in [0.05, 0.1) is 11.9 Å². The van der Waals surface area contributed by atoms with Crippen molar-refractivity contribution in [3.05, 3.63) is 60.2 Å². The Morgan fingerprint density at radius 2 is 1.95 bits per heavy atom. The molecular formula is C14H12N6. The molecule has 2 N–H and O–H groups in total. The van der Waals surface area contributed by atoms with Gasteiger partial charge in [-0.2, -0.15) is 10.3 Å². The highest BCUT2D eigenvalue weighted by molar-refractivity contribution is 5.82. The maximum atomic E-state index is 4.20. The van der Waals surface area contributed by atoms with Gasteiger partial charge in [-0.15, -0.1) is 10.2 Å². The molecule has 2 aromatic carbocycles. The number of para-hydroxylation sites is 1. The van der Waals surface area contributed by atoms with Gasteiger partial charge in [-0.05, 0) is 29.0 Å². The van der Waals surface area contributed by atoms with Gasteiger partial charge in [0.25, 0.3) is 0 Å². The van der Waals surface area contributed by atoms with Crippen LogP contribution in [0.15, 0.2) is 59.7 Å². The third-order valence-electron chi connectivity index (χ3n) is 2.67. The fourth-order valence-electron chi connectivity index (χ4n) is 1.74. The summed E-state index contributed by atoms with van der Waals surface area (Å²) in [6, 6.07) is 17.5. The van der Waals surface area contributed by atoms with Crippen molar-refractivity contribution in [1.29, 1.82) is 0 Å². The molecule has 0 fully saturated rings. The highest BCUT2D eigenvalue weighted by Crippen LogP contribution is 2.14. The fraction of sp³-hybridized carbons (Fsp3) is 0. The zero-order chi connectivity index (χ0) is 13.6. The van der Waals surface area contributed by atoms with Gasteiger partial charge < -0.3 is 0 Å². The van der Waals surface area contributed by atoms with Crippen molar-refractivity contribution in [3.63, 3.8) is 0 Å². The van der Waals surface area contributed by atoms with Gasteiger partial charge in [0, 0.05) is 5.56 Å². The van der Waals surface area contributed by atoms with Crippen molar-refractivity contribution in [2.45, 2.75) is 0 Å². The van der Waals surface area contributed by atoms with Crippen molar-refractivity contribution < 1.29 is 0 Å². The first kappa shape index (κ1) is 12.0. The number of nitrogens with zero attached hydrogens (tertiary/aromatic N) is 4. The van der Waals surface area contributed by atoms with Crippen LogP contribution in [0.5, 0.6) is 0 Å². The van der Waals surface area contributed by atoms with Crippen molar-refractivity contribution in [1.82, 2.24) is 20.6 Å². The predicted octanol–water partition coefficient (Wildman–Crippen LogP) is 2.31. The average molecular weight is 264 g/mol. The molecule has 0 unspecified atom stereocenters. The maximum absolute atomic E-state index is 4.20. The lowest BCUT2D eigenvalue weighted by Gasteiger charge is -1.99. The summed E-state index contributed by atoms with van der Waals surface area (Å²) in [6.45, 7) is 0. The predicted molar refractivity (Wildman–Crippen MR) is 77.3 cm³/mol. The molecule has 0 saturated carbocycles. The van der Waals surface area contributed by atoms with E-state index in [1.165, 1.54) is 0 Å². The number of aromatic amines is 1. The van der Waals surface area contributed by atoms with Crippen LogP contribution in [-0.2, 0) is 0 Å². The second kappa shape index (κ2) is 5.75. The topological polar surface area (TPSA) is 78.9 Å². The summed E-state index contributed by atoms with van der Waals surface area (Å²) in [6.07, 6.45) is 1.75. The Morgan fingerprint density at radius 1 is 1.05 bits per heavy atom. The van der Waals surface area contributed by atoms with Gasteiger partial charge in [-0.1, -0.05) is 36.4 Å². The number of hydrogen-bond acceptors (Lipinski definition) is 5. The van der Waals surface area contributed by atoms with E-state index in [-0.39, 0.29) is 0 Å². The van der Waals surface area contributed by atoms with E-state index in [9.17, 15) is 0 Å². The second-order valence-electron chi connectivity index (χ2n) is 4.10. The third kappa shape index (κ3) is 2.86. The van der Waals surface area contributed by atoms with E-state index in [0.717, 1.165) is 16.8 Å². The Hall–Kier alpha value is -3.02. The molecule has 6 nitrogen and oxygen atoms in total. The Kier molecular flexibility index (Phi) is 3.46. The normalized spacial score (nSPS) is 10.8. The summed E-state index contributed by atoms with van der Waals surface area (Å²) in [5.74, 6) is 0.566. The van der Waals surface area contributed by atoms with Gasteiger partial charge in [0.1, 0.15) is 0 Å². The Bertz CT molecular complexity index is 691. The average Bonchev–Trinajstić information content (AvgIpc) is 3.03. The number of rotatable bonds is 4. The minimum atomic E-state index is 0.566. The Morgan fingerprint density at radius 3 is 2.75 bits per heavy atom. The third-order valence-corrected chi connectivity index (χ3v) is 2.67. The molecule has 0 radical (unpaired) electrons. The van der Waals surface area contributed by atoms with Gasteiger partial charge in [0.15, 0.2) is 0 Å². The molecule has 0 saturated heterocycles. The monoisotopic (exact) mass is 264 g/mol. The SMILES string of the molecule is C(=NNc1ccccc1)c1cccc(-c2nn[nH]n2)c1. The molecule has 3 aromatic rings. The standard InChI is InChI=1S/C14H12N6/c1-2-7-13(8-3-1)16-15-10-11-5-4-6-12(9-11)14-17-19-20-18-14/h1-10,16H,(H,17,18,19,20). The van der Waals surface area contributed by atoms with E-state index in [1.54, 1.807) is 6.21 Å². The number of aromatic nitrogens is 4. The van der Waals surface area contributed by atoms with Crippen molar-refractivity contribution in [3.8, 4) is 11.4 Å². The van der Waals surface area contributed by atoms with Crippen LogP contribution < -0.4 is 5.43 Å².